The quantitative estimate of drug-likeness (QED) is 0.333. The maximum Gasteiger partial charge on any atom is 0.311 e. The fourth-order valence-electron chi connectivity index (χ4n) is 1.86. The van der Waals surface area contributed by atoms with Gasteiger partial charge in [-0.1, -0.05) is 0 Å². The fourth-order valence-corrected chi connectivity index (χ4v) is 1.86. The lowest BCUT2D eigenvalue weighted by Crippen LogP contribution is -2.32. The molecule has 0 aliphatic carbocycles. The summed E-state index contributed by atoms with van der Waals surface area (Å²) in [6, 6.07) is 2.70. The zero-order valence-corrected chi connectivity index (χ0v) is 10.0. The molecule has 5 N–H and O–H groups in total. The molecule has 1 aliphatic rings. The highest BCUT2D eigenvalue weighted by atomic mass is 16.6. The zero-order chi connectivity index (χ0) is 13.8. The fraction of sp³-hybridized carbons (Fsp3) is 0.400. The van der Waals surface area contributed by atoms with Gasteiger partial charge in [0.25, 0.3) is 0 Å². The number of nitro groups is 1. The van der Waals surface area contributed by atoms with E-state index in [0.717, 1.165) is 0 Å². The number of nitrogens with one attached hydrogen (secondary N) is 3. The van der Waals surface area contributed by atoms with Crippen LogP contribution in [0.25, 0.3) is 0 Å². The normalized spacial score (nSPS) is 17.9. The second-order valence-electron chi connectivity index (χ2n) is 4.15. The Morgan fingerprint density at radius 2 is 2.37 bits per heavy atom. The van der Waals surface area contributed by atoms with Gasteiger partial charge in [-0.05, 0) is 12.5 Å². The number of hydrogen-bond acceptors (Lipinski definition) is 7. The summed E-state index contributed by atoms with van der Waals surface area (Å²) in [7, 11) is 0. The molecule has 9 heteroatoms. The minimum Gasteiger partial charge on any atom is -0.362 e. The number of hydrogen-bond donors (Lipinski definition) is 4. The Morgan fingerprint density at radius 3 is 2.95 bits per heavy atom. The molecule has 1 aromatic heterocycles. The van der Waals surface area contributed by atoms with Crippen molar-refractivity contribution in [3.63, 3.8) is 0 Å². The average molecular weight is 266 g/mol. The number of carbonyl (C=O) groups excluding carboxylic acids is 1. The van der Waals surface area contributed by atoms with Crippen molar-refractivity contribution in [3.05, 3.63) is 22.2 Å². The summed E-state index contributed by atoms with van der Waals surface area (Å²) in [5.41, 5.74) is 2.19. The summed E-state index contributed by atoms with van der Waals surface area (Å²) in [4.78, 5) is 25.4. The molecule has 1 atom stereocenters. The van der Waals surface area contributed by atoms with Crippen molar-refractivity contribution in [2.45, 2.75) is 18.9 Å². The van der Waals surface area contributed by atoms with E-state index in [1.165, 1.54) is 12.1 Å². The average Bonchev–Trinajstić information content (AvgIpc) is 2.81. The van der Waals surface area contributed by atoms with E-state index >= 15 is 0 Å². The first kappa shape index (κ1) is 13.0. The molecule has 1 unspecified atom stereocenters. The van der Waals surface area contributed by atoms with Crippen LogP contribution >= 0.6 is 0 Å². The zero-order valence-electron chi connectivity index (χ0n) is 10.0. The SMILES string of the molecule is NNc1ccc([N+](=O)[O-])c(NCC2CCC(=O)N2)n1. The number of nitrogen functional groups attached to an aromatic ring is 1. The van der Waals surface area contributed by atoms with Gasteiger partial charge in [0.15, 0.2) is 0 Å². The lowest BCUT2D eigenvalue weighted by atomic mass is 10.2. The second kappa shape index (κ2) is 5.48. The predicted molar refractivity (Wildman–Crippen MR) is 68.4 cm³/mol. The van der Waals surface area contributed by atoms with Crippen molar-refractivity contribution in [1.82, 2.24) is 10.3 Å². The van der Waals surface area contributed by atoms with Gasteiger partial charge < -0.3 is 16.1 Å². The number of carbonyl (C=O) groups is 1. The van der Waals surface area contributed by atoms with E-state index in [1.54, 1.807) is 0 Å². The highest BCUT2D eigenvalue weighted by Gasteiger charge is 2.22. The van der Waals surface area contributed by atoms with E-state index in [1.807, 2.05) is 0 Å². The number of rotatable bonds is 5. The van der Waals surface area contributed by atoms with E-state index in [2.05, 4.69) is 21.0 Å². The number of hydrazine groups is 1. The van der Waals surface area contributed by atoms with Gasteiger partial charge in [-0.2, -0.15) is 0 Å². The third kappa shape index (κ3) is 3.07. The van der Waals surface area contributed by atoms with Gasteiger partial charge in [-0.3, -0.25) is 14.9 Å². The largest absolute Gasteiger partial charge is 0.362 e. The molecule has 2 heterocycles. The van der Waals surface area contributed by atoms with Crippen LogP contribution in [0.15, 0.2) is 12.1 Å². The third-order valence-electron chi connectivity index (χ3n) is 2.82. The summed E-state index contributed by atoms with van der Waals surface area (Å²) in [6.07, 6.45) is 1.18. The molecule has 0 saturated carbocycles. The van der Waals surface area contributed by atoms with Crippen molar-refractivity contribution in [3.8, 4) is 0 Å². The van der Waals surface area contributed by atoms with Crippen molar-refractivity contribution < 1.29 is 9.72 Å². The molecule has 1 aliphatic heterocycles. The molecular formula is C10H14N6O3. The van der Waals surface area contributed by atoms with E-state index < -0.39 is 4.92 Å². The van der Waals surface area contributed by atoms with Crippen LogP contribution in [0.2, 0.25) is 0 Å². The number of nitrogens with zero attached hydrogens (tertiary/aromatic N) is 2. The lowest BCUT2D eigenvalue weighted by Gasteiger charge is -2.12. The van der Waals surface area contributed by atoms with Gasteiger partial charge in [0.2, 0.25) is 11.7 Å². The molecule has 1 amide bonds. The predicted octanol–water partition coefficient (Wildman–Crippen LogP) is -0.0341. The number of aromatic nitrogens is 1. The first-order chi connectivity index (χ1) is 9.10. The van der Waals surface area contributed by atoms with Gasteiger partial charge in [-0.25, -0.2) is 10.8 Å². The van der Waals surface area contributed by atoms with Crippen LogP contribution in [0.4, 0.5) is 17.3 Å². The maximum absolute atomic E-state index is 11.1. The highest BCUT2D eigenvalue weighted by Crippen LogP contribution is 2.23. The van der Waals surface area contributed by atoms with E-state index in [4.69, 9.17) is 5.84 Å². The van der Waals surface area contributed by atoms with Crippen molar-refractivity contribution >= 4 is 23.2 Å². The Kier molecular flexibility index (Phi) is 3.76. The molecule has 1 fully saturated rings. The van der Waals surface area contributed by atoms with Crippen LogP contribution in [0.1, 0.15) is 12.8 Å². The summed E-state index contributed by atoms with van der Waals surface area (Å²) in [6.45, 7) is 0.383. The van der Waals surface area contributed by atoms with Gasteiger partial charge in [0.1, 0.15) is 5.82 Å². The third-order valence-corrected chi connectivity index (χ3v) is 2.82. The van der Waals surface area contributed by atoms with Crippen LogP contribution in [0.3, 0.4) is 0 Å². The Labute approximate surface area is 108 Å². The van der Waals surface area contributed by atoms with E-state index in [0.29, 0.717) is 25.2 Å². The minimum absolute atomic E-state index is 0.00775. The van der Waals surface area contributed by atoms with Crippen LogP contribution < -0.4 is 21.9 Å². The van der Waals surface area contributed by atoms with E-state index in [-0.39, 0.29) is 23.5 Å². The summed E-state index contributed by atoms with van der Waals surface area (Å²) in [5.74, 6) is 5.66. The number of nitrogens with two attached hydrogens (primary N) is 1. The number of pyridine rings is 1. The Balaban J connectivity index is 2.08. The minimum atomic E-state index is -0.525. The molecule has 102 valence electrons. The Morgan fingerprint density at radius 1 is 1.58 bits per heavy atom. The van der Waals surface area contributed by atoms with Gasteiger partial charge in [0.05, 0.1) is 4.92 Å². The van der Waals surface area contributed by atoms with Gasteiger partial charge >= 0.3 is 5.69 Å². The van der Waals surface area contributed by atoms with Crippen LogP contribution in [0.5, 0.6) is 0 Å². The monoisotopic (exact) mass is 266 g/mol. The molecule has 1 aromatic rings. The lowest BCUT2D eigenvalue weighted by molar-refractivity contribution is -0.384. The topological polar surface area (TPSA) is 135 Å². The van der Waals surface area contributed by atoms with Crippen molar-refractivity contribution in [1.29, 1.82) is 0 Å². The van der Waals surface area contributed by atoms with Gasteiger partial charge in [-0.15, -0.1) is 0 Å². The molecule has 0 spiro atoms. The van der Waals surface area contributed by atoms with Crippen molar-refractivity contribution in [2.75, 3.05) is 17.3 Å². The van der Waals surface area contributed by atoms with Crippen molar-refractivity contribution in [2.24, 2.45) is 5.84 Å². The maximum atomic E-state index is 11.1. The summed E-state index contributed by atoms with van der Waals surface area (Å²) in [5, 5.41) is 16.5. The molecule has 0 radical (unpaired) electrons. The molecule has 0 bridgehead atoms. The molecule has 19 heavy (non-hydrogen) atoms. The smallest absolute Gasteiger partial charge is 0.311 e. The second-order valence-corrected chi connectivity index (χ2v) is 4.15. The first-order valence-electron chi connectivity index (χ1n) is 5.75. The Bertz CT molecular complexity index is 506. The molecule has 2 rings (SSSR count). The standard InChI is InChI=1S/C10H14N6O3/c11-15-8-3-2-7(16(18)19)10(14-8)12-5-6-1-4-9(17)13-6/h2-3,6H,1,4-5,11H2,(H,13,17)(H2,12,14,15). The molecule has 1 saturated heterocycles. The summed E-state index contributed by atoms with van der Waals surface area (Å²) < 4.78 is 0. The van der Waals surface area contributed by atoms with Crippen LogP contribution in [-0.4, -0.2) is 28.4 Å². The summed E-state index contributed by atoms with van der Waals surface area (Å²) >= 11 is 0. The number of amides is 1. The highest BCUT2D eigenvalue weighted by molar-refractivity contribution is 5.78. The van der Waals surface area contributed by atoms with Crippen LogP contribution in [0, 0.1) is 10.1 Å². The van der Waals surface area contributed by atoms with E-state index in [9.17, 15) is 14.9 Å². The first-order valence-corrected chi connectivity index (χ1v) is 5.75. The molecule has 9 nitrogen and oxygen atoms in total. The molecule has 0 aromatic carbocycles. The van der Waals surface area contributed by atoms with Gasteiger partial charge in [0, 0.05) is 25.1 Å². The molecular weight excluding hydrogens is 252 g/mol. The number of anilines is 2. The Hall–Kier alpha value is -2.42. The van der Waals surface area contributed by atoms with Crippen LogP contribution in [-0.2, 0) is 4.79 Å².